The van der Waals surface area contributed by atoms with Gasteiger partial charge in [0.2, 0.25) is 0 Å². The van der Waals surface area contributed by atoms with Crippen molar-refractivity contribution in [1.82, 2.24) is 4.90 Å². The normalized spacial score (nSPS) is 24.2. The highest BCUT2D eigenvalue weighted by atomic mass is 35.5. The smallest absolute Gasteiger partial charge is 0.338 e. The van der Waals surface area contributed by atoms with Crippen LogP contribution in [0.15, 0.2) is 24.3 Å². The van der Waals surface area contributed by atoms with Crippen molar-refractivity contribution >= 4 is 24.1 Å². The first-order chi connectivity index (χ1) is 11.6. The Labute approximate surface area is 154 Å². The minimum absolute atomic E-state index is 0. The van der Waals surface area contributed by atoms with E-state index in [1.807, 2.05) is 0 Å². The molecular weight excluding hydrogens is 344 g/mol. The van der Waals surface area contributed by atoms with Crippen molar-refractivity contribution in [3.8, 4) is 0 Å². The van der Waals surface area contributed by atoms with Crippen LogP contribution in [0.4, 0.5) is 5.69 Å². The van der Waals surface area contributed by atoms with Crippen LogP contribution in [0.25, 0.3) is 0 Å². The maximum atomic E-state index is 12.2. The highest BCUT2D eigenvalue weighted by Gasteiger charge is 2.28. The fourth-order valence-corrected chi connectivity index (χ4v) is 3.75. The van der Waals surface area contributed by atoms with Crippen LogP contribution in [0.2, 0.25) is 0 Å². The molecule has 1 aromatic rings. The third-order valence-corrected chi connectivity index (χ3v) is 5.14. The van der Waals surface area contributed by atoms with Crippen LogP contribution in [-0.4, -0.2) is 41.0 Å². The minimum atomic E-state index is -0.475. The highest BCUT2D eigenvalue weighted by Crippen LogP contribution is 2.28. The summed E-state index contributed by atoms with van der Waals surface area (Å²) in [5, 5.41) is 10.6. The zero-order valence-electron chi connectivity index (χ0n) is 14.3. The summed E-state index contributed by atoms with van der Waals surface area (Å²) in [6, 6.07) is 6.23. The zero-order valence-corrected chi connectivity index (χ0v) is 15.1. The summed E-state index contributed by atoms with van der Waals surface area (Å²) in [4.78, 5) is 24.9. The number of likely N-dealkylation sites (tertiary alicyclic amines) is 1. The van der Waals surface area contributed by atoms with Gasteiger partial charge in [0.25, 0.3) is 5.69 Å². The Hall–Kier alpha value is -1.66. The number of nitro benzene ring substituents is 1. The molecule has 6 nitrogen and oxygen atoms in total. The van der Waals surface area contributed by atoms with Gasteiger partial charge in [0.15, 0.2) is 0 Å². The Morgan fingerprint density at radius 1 is 1.04 bits per heavy atom. The number of rotatable bonds is 4. The largest absolute Gasteiger partial charge is 0.459 e. The number of hydrogen-bond acceptors (Lipinski definition) is 5. The number of nitrogens with zero attached hydrogens (tertiary/aromatic N) is 2. The summed E-state index contributed by atoms with van der Waals surface area (Å²) >= 11 is 0. The Morgan fingerprint density at radius 2 is 1.64 bits per heavy atom. The van der Waals surface area contributed by atoms with Crippen molar-refractivity contribution in [2.24, 2.45) is 0 Å². The van der Waals surface area contributed by atoms with Gasteiger partial charge in [0.05, 0.1) is 10.5 Å². The van der Waals surface area contributed by atoms with Gasteiger partial charge in [-0.2, -0.15) is 0 Å². The van der Waals surface area contributed by atoms with E-state index >= 15 is 0 Å². The molecule has 1 aromatic carbocycles. The molecule has 3 rings (SSSR count). The summed E-state index contributed by atoms with van der Waals surface area (Å²) in [7, 11) is 0. The molecule has 0 atom stereocenters. The lowest BCUT2D eigenvalue weighted by Gasteiger charge is -2.38. The number of halogens is 1. The first-order valence-corrected chi connectivity index (χ1v) is 8.83. The molecule has 25 heavy (non-hydrogen) atoms. The van der Waals surface area contributed by atoms with Crippen LogP contribution in [0.1, 0.15) is 55.3 Å². The summed E-state index contributed by atoms with van der Waals surface area (Å²) in [6.07, 6.45) is 7.88. The number of ether oxygens (including phenoxy) is 1. The van der Waals surface area contributed by atoms with E-state index in [4.69, 9.17) is 4.74 Å². The van der Waals surface area contributed by atoms with E-state index < -0.39 is 4.92 Å². The van der Waals surface area contributed by atoms with Gasteiger partial charge >= 0.3 is 5.97 Å². The Kier molecular flexibility index (Phi) is 7.20. The standard InChI is InChI=1S/C18H24N2O4.ClH/c21-18(14-4-6-16(7-5-14)20(22)23)24-17-10-8-15(9-11-17)19-12-2-1-3-13-19;/h4-7,15,17H,1-3,8-13H2;1H. The van der Waals surface area contributed by atoms with Gasteiger partial charge in [-0.1, -0.05) is 6.42 Å². The maximum absolute atomic E-state index is 12.2. The molecule has 2 fully saturated rings. The molecule has 1 aliphatic heterocycles. The monoisotopic (exact) mass is 368 g/mol. The van der Waals surface area contributed by atoms with Crippen molar-refractivity contribution in [3.05, 3.63) is 39.9 Å². The van der Waals surface area contributed by atoms with Gasteiger partial charge in [-0.05, 0) is 63.7 Å². The van der Waals surface area contributed by atoms with E-state index in [0.29, 0.717) is 11.6 Å². The zero-order chi connectivity index (χ0) is 16.9. The lowest BCUT2D eigenvalue weighted by molar-refractivity contribution is -0.384. The summed E-state index contributed by atoms with van der Waals surface area (Å²) in [5.74, 6) is -0.383. The van der Waals surface area contributed by atoms with E-state index in [9.17, 15) is 14.9 Å². The van der Waals surface area contributed by atoms with E-state index in [2.05, 4.69) is 4.90 Å². The second-order valence-electron chi connectivity index (χ2n) is 6.74. The number of non-ortho nitro benzene ring substituents is 1. The molecule has 0 amide bonds. The average Bonchev–Trinajstić information content (AvgIpc) is 2.63. The second-order valence-corrected chi connectivity index (χ2v) is 6.74. The minimum Gasteiger partial charge on any atom is -0.459 e. The molecule has 0 spiro atoms. The number of hydrogen-bond donors (Lipinski definition) is 0. The maximum Gasteiger partial charge on any atom is 0.338 e. The highest BCUT2D eigenvalue weighted by molar-refractivity contribution is 5.89. The number of nitro groups is 1. The number of benzene rings is 1. The fourth-order valence-electron chi connectivity index (χ4n) is 3.75. The van der Waals surface area contributed by atoms with E-state index in [1.54, 1.807) is 0 Å². The first kappa shape index (κ1) is 19.7. The lowest BCUT2D eigenvalue weighted by atomic mass is 9.90. The molecule has 1 saturated heterocycles. The number of esters is 1. The van der Waals surface area contributed by atoms with Crippen LogP contribution in [0, 0.1) is 10.1 Å². The molecule has 1 aliphatic carbocycles. The van der Waals surface area contributed by atoms with E-state index in [0.717, 1.165) is 25.7 Å². The third-order valence-electron chi connectivity index (χ3n) is 5.14. The van der Waals surface area contributed by atoms with Gasteiger partial charge in [-0.15, -0.1) is 12.4 Å². The molecule has 1 saturated carbocycles. The van der Waals surface area contributed by atoms with Gasteiger partial charge in [-0.3, -0.25) is 10.1 Å². The van der Waals surface area contributed by atoms with Gasteiger partial charge < -0.3 is 9.64 Å². The Bertz CT molecular complexity index is 579. The molecule has 0 radical (unpaired) electrons. The quantitative estimate of drug-likeness (QED) is 0.456. The lowest BCUT2D eigenvalue weighted by Crippen LogP contribution is -2.42. The van der Waals surface area contributed by atoms with Crippen LogP contribution in [0.3, 0.4) is 0 Å². The molecule has 0 bridgehead atoms. The molecule has 7 heteroatoms. The molecule has 2 aliphatic rings. The SMILES string of the molecule is Cl.O=C(OC1CCC(N2CCCCC2)CC1)c1ccc([N+](=O)[O-])cc1. The number of carbonyl (C=O) groups is 1. The van der Waals surface area contributed by atoms with Crippen molar-refractivity contribution in [1.29, 1.82) is 0 Å². The molecule has 1 heterocycles. The second kappa shape index (κ2) is 9.15. The predicted molar refractivity (Wildman–Crippen MR) is 97.2 cm³/mol. The van der Waals surface area contributed by atoms with E-state index in [1.165, 1.54) is 56.6 Å². The summed E-state index contributed by atoms with van der Waals surface area (Å²) < 4.78 is 5.59. The molecule has 138 valence electrons. The fraction of sp³-hybridized carbons (Fsp3) is 0.611. The van der Waals surface area contributed by atoms with Crippen LogP contribution in [0.5, 0.6) is 0 Å². The predicted octanol–water partition coefficient (Wildman–Crippen LogP) is 3.97. The van der Waals surface area contributed by atoms with Crippen molar-refractivity contribution < 1.29 is 14.5 Å². The Morgan fingerprint density at radius 3 is 2.20 bits per heavy atom. The van der Waals surface area contributed by atoms with E-state index in [-0.39, 0.29) is 30.2 Å². The number of piperidine rings is 1. The molecular formula is C18H25ClN2O4. The Balaban J connectivity index is 0.00000225. The van der Waals surface area contributed by atoms with Gasteiger partial charge in [0.1, 0.15) is 6.10 Å². The van der Waals surface area contributed by atoms with Crippen molar-refractivity contribution in [2.75, 3.05) is 13.1 Å². The third kappa shape index (κ3) is 5.16. The van der Waals surface area contributed by atoms with Gasteiger partial charge in [0, 0.05) is 18.2 Å². The molecule has 0 unspecified atom stereocenters. The van der Waals surface area contributed by atoms with Crippen LogP contribution < -0.4 is 0 Å². The van der Waals surface area contributed by atoms with Crippen molar-refractivity contribution in [3.63, 3.8) is 0 Å². The summed E-state index contributed by atoms with van der Waals surface area (Å²) in [5.41, 5.74) is 0.354. The van der Waals surface area contributed by atoms with Gasteiger partial charge in [-0.25, -0.2) is 4.79 Å². The topological polar surface area (TPSA) is 72.7 Å². The van der Waals surface area contributed by atoms with Crippen molar-refractivity contribution in [2.45, 2.75) is 57.1 Å². The van der Waals surface area contributed by atoms with Crippen LogP contribution >= 0.6 is 12.4 Å². The molecule has 0 N–H and O–H groups in total. The first-order valence-electron chi connectivity index (χ1n) is 8.83. The average molecular weight is 369 g/mol. The van der Waals surface area contributed by atoms with Crippen LogP contribution in [-0.2, 0) is 4.74 Å². The number of carbonyl (C=O) groups excluding carboxylic acids is 1. The summed E-state index contributed by atoms with van der Waals surface area (Å²) in [6.45, 7) is 2.41. The molecule has 0 aromatic heterocycles.